The van der Waals surface area contributed by atoms with E-state index in [0.717, 1.165) is 29.4 Å². The maximum atomic E-state index is 13.9. The van der Waals surface area contributed by atoms with Crippen molar-refractivity contribution in [2.75, 3.05) is 11.9 Å². The largest absolute Gasteiger partial charge is 0.493 e. The van der Waals surface area contributed by atoms with Crippen molar-refractivity contribution in [3.8, 4) is 11.6 Å². The van der Waals surface area contributed by atoms with Crippen molar-refractivity contribution >= 4 is 29.0 Å². The summed E-state index contributed by atoms with van der Waals surface area (Å²) in [5.74, 6) is -1.57. The third kappa shape index (κ3) is 9.85. The van der Waals surface area contributed by atoms with Gasteiger partial charge in [0.2, 0.25) is 5.88 Å². The molecule has 3 aromatic carbocycles. The zero-order valence-corrected chi connectivity index (χ0v) is 27.3. The van der Waals surface area contributed by atoms with Crippen molar-refractivity contribution in [2.45, 2.75) is 83.7 Å². The molecule has 0 radical (unpaired) electrons. The Hall–Kier alpha value is -4.30. The van der Waals surface area contributed by atoms with E-state index >= 15 is 0 Å². The molecule has 2 N–H and O–H groups in total. The van der Waals surface area contributed by atoms with Crippen molar-refractivity contribution in [1.29, 1.82) is 0 Å². The molecule has 0 aliphatic rings. The van der Waals surface area contributed by atoms with Crippen LogP contribution in [0.5, 0.6) is 11.6 Å². The molecule has 0 saturated heterocycles. The highest BCUT2D eigenvalue weighted by Crippen LogP contribution is 2.30. The molecule has 0 saturated carbocycles. The first kappa shape index (κ1) is 34.6. The Kier molecular flexibility index (Phi) is 13.5. The minimum atomic E-state index is -1.69. The molecule has 0 aliphatic carbocycles. The Labute approximate surface area is 276 Å². The first-order valence-electron chi connectivity index (χ1n) is 16.3. The van der Waals surface area contributed by atoms with E-state index in [0.29, 0.717) is 17.4 Å². The third-order valence-corrected chi connectivity index (χ3v) is 8.17. The van der Waals surface area contributed by atoms with Gasteiger partial charge in [-0.3, -0.25) is 14.2 Å². The van der Waals surface area contributed by atoms with E-state index in [-0.39, 0.29) is 17.8 Å². The number of carbonyl (C=O) groups excluding carboxylic acids is 2. The molecule has 46 heavy (non-hydrogen) atoms. The topological polar surface area (TPSA) is 103 Å². The molecule has 1 unspecified atom stereocenters. The molecule has 1 aromatic heterocycles. The lowest BCUT2D eigenvalue weighted by atomic mass is 10.0. The highest BCUT2D eigenvalue weighted by atomic mass is 35.5. The number of aromatic nitrogens is 2. The van der Waals surface area contributed by atoms with Crippen LogP contribution in [-0.2, 0) is 11.3 Å². The van der Waals surface area contributed by atoms with Crippen molar-refractivity contribution in [3.05, 3.63) is 112 Å². The SMILES string of the molecule is CCCCCCCCCCCCOc1ccc(Cl)cc1NC(=O)C(C(=O)c1ccccc1)n1c(O)cn(Cc2ccccc2)c1=O. The number of nitrogens with zero attached hydrogens (tertiary/aromatic N) is 2. The lowest BCUT2D eigenvalue weighted by Crippen LogP contribution is -2.39. The van der Waals surface area contributed by atoms with Crippen molar-refractivity contribution in [3.63, 3.8) is 0 Å². The Balaban J connectivity index is 1.47. The van der Waals surface area contributed by atoms with Gasteiger partial charge in [-0.1, -0.05) is 137 Å². The van der Waals surface area contributed by atoms with Crippen LogP contribution in [0.25, 0.3) is 0 Å². The van der Waals surface area contributed by atoms with Gasteiger partial charge in [-0.15, -0.1) is 0 Å². The van der Waals surface area contributed by atoms with Gasteiger partial charge >= 0.3 is 5.69 Å². The summed E-state index contributed by atoms with van der Waals surface area (Å²) in [6, 6.07) is 20.6. The number of carbonyl (C=O) groups is 2. The van der Waals surface area contributed by atoms with Crippen LogP contribution in [-0.4, -0.2) is 32.5 Å². The number of Topliss-reactive ketones (excluding diaryl/α,β-unsaturated/α-hetero) is 1. The Bertz CT molecular complexity index is 1600. The molecule has 0 aliphatic heterocycles. The first-order valence-corrected chi connectivity index (χ1v) is 16.6. The molecule has 244 valence electrons. The number of halogens is 1. The smallest absolute Gasteiger partial charge is 0.332 e. The molecule has 1 atom stereocenters. The minimum absolute atomic E-state index is 0.152. The Morgan fingerprint density at radius 2 is 1.46 bits per heavy atom. The number of ketones is 1. The second kappa shape index (κ2) is 18.0. The molecule has 0 bridgehead atoms. The first-order chi connectivity index (χ1) is 22.4. The highest BCUT2D eigenvalue weighted by Gasteiger charge is 2.34. The van der Waals surface area contributed by atoms with Crippen LogP contribution in [0.1, 0.15) is 93.1 Å². The summed E-state index contributed by atoms with van der Waals surface area (Å²) in [6.07, 6.45) is 13.3. The fraction of sp³-hybridized carbons (Fsp3) is 0.378. The predicted octanol–water partition coefficient (Wildman–Crippen LogP) is 8.42. The van der Waals surface area contributed by atoms with Crippen molar-refractivity contribution < 1.29 is 19.4 Å². The number of nitrogens with one attached hydrogen (secondary N) is 1. The summed E-state index contributed by atoms with van der Waals surface area (Å²) in [4.78, 5) is 41.3. The van der Waals surface area contributed by atoms with Gasteiger partial charge < -0.3 is 15.2 Å². The number of aromatic hydroxyl groups is 1. The maximum Gasteiger partial charge on any atom is 0.332 e. The van der Waals surface area contributed by atoms with E-state index in [9.17, 15) is 19.5 Å². The second-order valence-corrected chi connectivity index (χ2v) is 12.0. The van der Waals surface area contributed by atoms with Gasteiger partial charge in [-0.2, -0.15) is 0 Å². The molecule has 1 heterocycles. The van der Waals surface area contributed by atoms with E-state index < -0.39 is 29.3 Å². The summed E-state index contributed by atoms with van der Waals surface area (Å²) in [5, 5.41) is 14.0. The predicted molar refractivity (Wildman–Crippen MR) is 183 cm³/mol. The Morgan fingerprint density at radius 1 is 0.848 bits per heavy atom. The fourth-order valence-corrected chi connectivity index (χ4v) is 5.61. The van der Waals surface area contributed by atoms with Gasteiger partial charge in [0.1, 0.15) is 5.75 Å². The molecule has 4 aromatic rings. The minimum Gasteiger partial charge on any atom is -0.493 e. The van der Waals surface area contributed by atoms with Crippen LogP contribution in [0, 0.1) is 0 Å². The molecule has 0 fully saturated rings. The fourth-order valence-electron chi connectivity index (χ4n) is 5.44. The monoisotopic (exact) mass is 645 g/mol. The van der Waals surface area contributed by atoms with E-state index in [1.807, 2.05) is 30.3 Å². The van der Waals surface area contributed by atoms with E-state index in [2.05, 4.69) is 12.2 Å². The van der Waals surface area contributed by atoms with Crippen LogP contribution in [0.2, 0.25) is 5.02 Å². The summed E-state index contributed by atoms with van der Waals surface area (Å²) in [6.45, 7) is 2.84. The normalized spacial score (nSPS) is 11.7. The standard InChI is InChI=1S/C37H44ClN3O5/c1-2-3-4-5-6-7-8-9-10-17-24-46-32-23-22-30(38)25-31(32)39-36(44)34(35(43)29-20-15-12-16-21-29)41-33(42)27-40(37(41)45)26-28-18-13-11-14-19-28/h11-16,18-23,25,27,34,42H,2-10,17,24,26H2,1H3,(H,39,44). The molecule has 0 spiro atoms. The molecule has 8 nitrogen and oxygen atoms in total. The molecule has 9 heteroatoms. The average molecular weight is 646 g/mol. The van der Waals surface area contributed by atoms with Crippen LogP contribution in [0.15, 0.2) is 89.9 Å². The second-order valence-electron chi connectivity index (χ2n) is 11.5. The summed E-state index contributed by atoms with van der Waals surface area (Å²) in [7, 11) is 0. The van der Waals surface area contributed by atoms with E-state index in [1.165, 1.54) is 55.7 Å². The number of hydrogen-bond donors (Lipinski definition) is 2. The van der Waals surface area contributed by atoms with Gasteiger partial charge in [0, 0.05) is 10.6 Å². The number of hydrogen-bond acceptors (Lipinski definition) is 5. The van der Waals surface area contributed by atoms with Gasteiger partial charge in [0.15, 0.2) is 11.8 Å². The van der Waals surface area contributed by atoms with E-state index in [4.69, 9.17) is 16.3 Å². The number of rotatable bonds is 19. The number of ether oxygens (including phenoxy) is 1. The molecule has 1 amide bonds. The van der Waals surface area contributed by atoms with Crippen molar-refractivity contribution in [2.24, 2.45) is 0 Å². The molecular formula is C37H44ClN3O5. The third-order valence-electron chi connectivity index (χ3n) is 7.93. The lowest BCUT2D eigenvalue weighted by molar-refractivity contribution is -0.118. The molecular weight excluding hydrogens is 602 g/mol. The lowest BCUT2D eigenvalue weighted by Gasteiger charge is -2.19. The van der Waals surface area contributed by atoms with Gasteiger partial charge in [0.05, 0.1) is 25.0 Å². The zero-order chi connectivity index (χ0) is 32.7. The quantitative estimate of drug-likeness (QED) is 0.0605. The number of unbranched alkanes of at least 4 members (excludes halogenated alkanes) is 9. The van der Waals surface area contributed by atoms with Gasteiger partial charge in [-0.25, -0.2) is 9.36 Å². The number of imidazole rings is 1. The highest BCUT2D eigenvalue weighted by molar-refractivity contribution is 6.31. The summed E-state index contributed by atoms with van der Waals surface area (Å²) >= 11 is 6.29. The van der Waals surface area contributed by atoms with Crippen molar-refractivity contribution in [1.82, 2.24) is 9.13 Å². The van der Waals surface area contributed by atoms with Crippen LogP contribution in [0.4, 0.5) is 5.69 Å². The number of anilines is 1. The zero-order valence-electron chi connectivity index (χ0n) is 26.5. The summed E-state index contributed by atoms with van der Waals surface area (Å²) < 4.78 is 8.12. The van der Waals surface area contributed by atoms with Gasteiger partial charge in [0.25, 0.3) is 5.91 Å². The maximum absolute atomic E-state index is 13.9. The number of benzene rings is 3. The average Bonchev–Trinajstić information content (AvgIpc) is 3.33. The van der Waals surface area contributed by atoms with Crippen LogP contribution >= 0.6 is 11.6 Å². The Morgan fingerprint density at radius 3 is 2.11 bits per heavy atom. The molecule has 4 rings (SSSR count). The summed E-state index contributed by atoms with van der Waals surface area (Å²) in [5.41, 5.74) is 0.606. The van der Waals surface area contributed by atoms with Crippen LogP contribution in [0.3, 0.4) is 0 Å². The van der Waals surface area contributed by atoms with Gasteiger partial charge in [-0.05, 0) is 30.2 Å². The number of amides is 1. The van der Waals surface area contributed by atoms with E-state index in [1.54, 1.807) is 48.5 Å². The van der Waals surface area contributed by atoms with Crippen LogP contribution < -0.4 is 15.7 Å².